The second kappa shape index (κ2) is 3.33. The molecule has 0 aliphatic carbocycles. The van der Waals surface area contributed by atoms with E-state index in [0.717, 1.165) is 4.73 Å². The van der Waals surface area contributed by atoms with Crippen LogP contribution in [-0.4, -0.2) is 9.94 Å². The predicted molar refractivity (Wildman–Crippen MR) is 27.9 cm³/mol. The predicted octanol–water partition coefficient (Wildman–Crippen LogP) is 0.0831. The molecule has 50 valence electrons. The average molecular weight is 167 g/mol. The Labute approximate surface area is 62.4 Å². The molecular formula is C5H5FeNO2. The van der Waals surface area contributed by atoms with Crippen LogP contribution in [0.15, 0.2) is 29.3 Å². The number of rotatable bonds is 0. The van der Waals surface area contributed by atoms with E-state index >= 15 is 0 Å². The van der Waals surface area contributed by atoms with Gasteiger partial charge in [0.1, 0.15) is 0 Å². The molecule has 1 aromatic heterocycles. The normalized spacial score (nSPS) is 8.00. The Balaban J connectivity index is 0.000000640. The molecule has 0 amide bonds. The summed E-state index contributed by atoms with van der Waals surface area (Å²) >= 11 is 0. The summed E-state index contributed by atoms with van der Waals surface area (Å²) in [5, 5.41) is 8.53. The van der Waals surface area contributed by atoms with Crippen molar-refractivity contribution in [1.82, 2.24) is 4.73 Å². The SMILES string of the molecule is O=c1ccn(O)cc1.[Fe]. The molecule has 0 fully saturated rings. The minimum Gasteiger partial charge on any atom is -0.429 e. The van der Waals surface area contributed by atoms with E-state index in [2.05, 4.69) is 0 Å². The van der Waals surface area contributed by atoms with E-state index in [0.29, 0.717) is 0 Å². The minimum absolute atomic E-state index is 0. The van der Waals surface area contributed by atoms with Crippen molar-refractivity contribution >= 4 is 0 Å². The molecule has 1 N–H and O–H groups in total. The molecule has 0 aliphatic rings. The van der Waals surface area contributed by atoms with E-state index < -0.39 is 0 Å². The summed E-state index contributed by atoms with van der Waals surface area (Å²) in [5.74, 6) is 0. The Hall–Kier alpha value is -0.731. The third kappa shape index (κ3) is 2.35. The van der Waals surface area contributed by atoms with Gasteiger partial charge in [-0.2, -0.15) is 0 Å². The Morgan fingerprint density at radius 1 is 1.33 bits per heavy atom. The summed E-state index contributed by atoms with van der Waals surface area (Å²) in [7, 11) is 0. The topological polar surface area (TPSA) is 42.2 Å². The molecule has 1 heterocycles. The van der Waals surface area contributed by atoms with E-state index in [1.54, 1.807) is 0 Å². The summed E-state index contributed by atoms with van der Waals surface area (Å²) in [6, 6.07) is 2.56. The molecule has 1 aromatic rings. The van der Waals surface area contributed by atoms with Gasteiger partial charge in [-0.05, 0) is 0 Å². The van der Waals surface area contributed by atoms with Crippen LogP contribution in [0.1, 0.15) is 0 Å². The number of hydrogen-bond donors (Lipinski definition) is 1. The van der Waals surface area contributed by atoms with Crippen molar-refractivity contribution in [2.45, 2.75) is 0 Å². The first-order chi connectivity index (χ1) is 3.79. The van der Waals surface area contributed by atoms with Crippen molar-refractivity contribution in [2.75, 3.05) is 0 Å². The molecule has 0 aliphatic heterocycles. The van der Waals surface area contributed by atoms with Crippen LogP contribution in [0.5, 0.6) is 0 Å². The zero-order chi connectivity index (χ0) is 5.98. The maximum Gasteiger partial charge on any atom is 0.181 e. The maximum absolute atomic E-state index is 10.3. The van der Waals surface area contributed by atoms with E-state index in [1.165, 1.54) is 24.5 Å². The summed E-state index contributed by atoms with van der Waals surface area (Å²) < 4.78 is 0.821. The molecule has 9 heavy (non-hydrogen) atoms. The van der Waals surface area contributed by atoms with Crippen molar-refractivity contribution in [2.24, 2.45) is 0 Å². The third-order valence-electron chi connectivity index (χ3n) is 0.783. The van der Waals surface area contributed by atoms with Crippen LogP contribution in [0.2, 0.25) is 0 Å². The molecule has 0 spiro atoms. The van der Waals surface area contributed by atoms with Crippen molar-refractivity contribution in [3.8, 4) is 0 Å². The molecule has 0 bridgehead atoms. The van der Waals surface area contributed by atoms with E-state index in [-0.39, 0.29) is 22.5 Å². The van der Waals surface area contributed by atoms with Gasteiger partial charge in [-0.3, -0.25) is 4.79 Å². The van der Waals surface area contributed by atoms with Gasteiger partial charge in [-0.1, -0.05) is 0 Å². The van der Waals surface area contributed by atoms with Gasteiger partial charge in [0.05, 0.1) is 0 Å². The monoisotopic (exact) mass is 167 g/mol. The Morgan fingerprint density at radius 2 is 1.78 bits per heavy atom. The van der Waals surface area contributed by atoms with Crippen LogP contribution in [0.3, 0.4) is 0 Å². The van der Waals surface area contributed by atoms with Crippen molar-refractivity contribution in [3.63, 3.8) is 0 Å². The fraction of sp³-hybridized carbons (Fsp3) is 0. The van der Waals surface area contributed by atoms with Gasteiger partial charge in [-0.15, -0.1) is 0 Å². The molecule has 0 unspecified atom stereocenters. The van der Waals surface area contributed by atoms with Gasteiger partial charge in [-0.25, -0.2) is 4.73 Å². The first-order valence-electron chi connectivity index (χ1n) is 2.16. The Kier molecular flexibility index (Phi) is 3.06. The summed E-state index contributed by atoms with van der Waals surface area (Å²) in [4.78, 5) is 10.3. The first-order valence-corrected chi connectivity index (χ1v) is 2.16. The van der Waals surface area contributed by atoms with Crippen molar-refractivity contribution < 1.29 is 22.3 Å². The van der Waals surface area contributed by atoms with Gasteiger partial charge in [0.15, 0.2) is 5.43 Å². The van der Waals surface area contributed by atoms with E-state index in [9.17, 15) is 4.79 Å². The van der Waals surface area contributed by atoms with Gasteiger partial charge in [0, 0.05) is 41.6 Å². The summed E-state index contributed by atoms with van der Waals surface area (Å²) in [6.45, 7) is 0. The summed E-state index contributed by atoms with van der Waals surface area (Å²) in [5.41, 5.74) is -0.102. The third-order valence-corrected chi connectivity index (χ3v) is 0.783. The van der Waals surface area contributed by atoms with Gasteiger partial charge in [0.25, 0.3) is 0 Å². The molecule has 3 nitrogen and oxygen atoms in total. The zero-order valence-electron chi connectivity index (χ0n) is 4.47. The Morgan fingerprint density at radius 3 is 2.11 bits per heavy atom. The smallest absolute Gasteiger partial charge is 0.181 e. The number of aromatic nitrogens is 1. The maximum atomic E-state index is 10.3. The molecule has 0 aromatic carbocycles. The molecule has 0 saturated heterocycles. The van der Waals surface area contributed by atoms with E-state index in [4.69, 9.17) is 5.21 Å². The molecule has 1 rings (SSSR count). The fourth-order valence-electron chi connectivity index (χ4n) is 0.405. The molecule has 4 heteroatoms. The summed E-state index contributed by atoms with van der Waals surface area (Å²) in [6.07, 6.45) is 2.56. The minimum atomic E-state index is -0.102. The quantitative estimate of drug-likeness (QED) is 0.439. The number of hydrogen-bond acceptors (Lipinski definition) is 2. The second-order valence-electron chi connectivity index (χ2n) is 1.41. The van der Waals surface area contributed by atoms with Crippen LogP contribution in [0.4, 0.5) is 0 Å². The van der Waals surface area contributed by atoms with Crippen molar-refractivity contribution in [1.29, 1.82) is 0 Å². The van der Waals surface area contributed by atoms with Crippen LogP contribution in [0.25, 0.3) is 0 Å². The van der Waals surface area contributed by atoms with Crippen LogP contribution in [0, 0.1) is 0 Å². The molecular weight excluding hydrogens is 162 g/mol. The van der Waals surface area contributed by atoms with Gasteiger partial charge >= 0.3 is 0 Å². The number of nitrogens with zero attached hydrogens (tertiary/aromatic N) is 1. The standard InChI is InChI=1S/C5H5NO2.Fe/c7-5-1-3-6(8)4-2-5;/h1-4,8H;. The van der Waals surface area contributed by atoms with Crippen LogP contribution < -0.4 is 5.43 Å². The van der Waals surface area contributed by atoms with Crippen LogP contribution >= 0.6 is 0 Å². The fourth-order valence-corrected chi connectivity index (χ4v) is 0.405. The molecule has 0 radical (unpaired) electrons. The van der Waals surface area contributed by atoms with Crippen LogP contribution in [-0.2, 0) is 17.1 Å². The zero-order valence-corrected chi connectivity index (χ0v) is 5.57. The Bertz CT molecular complexity index is 212. The first kappa shape index (κ1) is 8.27. The largest absolute Gasteiger partial charge is 0.429 e. The second-order valence-corrected chi connectivity index (χ2v) is 1.41. The van der Waals surface area contributed by atoms with Gasteiger partial charge < -0.3 is 5.21 Å². The van der Waals surface area contributed by atoms with Gasteiger partial charge in [0.2, 0.25) is 0 Å². The van der Waals surface area contributed by atoms with E-state index in [1.807, 2.05) is 0 Å². The van der Waals surface area contributed by atoms with Crippen molar-refractivity contribution in [3.05, 3.63) is 34.7 Å². The average Bonchev–Trinajstić information content (AvgIpc) is 1.77. The molecule has 0 saturated carbocycles. The molecule has 0 atom stereocenters. The number of pyridine rings is 1.